The second-order valence-electron chi connectivity index (χ2n) is 7.15. The molecular formula is C22H24O6S3. The molecule has 3 rings (SSSR count). The fraction of sp³-hybridized carbons (Fsp3) is 0.182. The van der Waals surface area contributed by atoms with E-state index in [4.69, 9.17) is 0 Å². The van der Waals surface area contributed by atoms with Gasteiger partial charge in [0.15, 0.2) is 19.7 Å². The van der Waals surface area contributed by atoms with Crippen molar-refractivity contribution in [3.8, 4) is 0 Å². The summed E-state index contributed by atoms with van der Waals surface area (Å²) < 4.78 is 69.0. The third-order valence-electron chi connectivity index (χ3n) is 4.32. The lowest BCUT2D eigenvalue weighted by atomic mass is 10.2. The molecule has 0 aliphatic heterocycles. The van der Waals surface area contributed by atoms with Crippen molar-refractivity contribution in [1.82, 2.24) is 0 Å². The Morgan fingerprint density at radius 3 is 1.10 bits per heavy atom. The summed E-state index contributed by atoms with van der Waals surface area (Å²) in [6.45, 7) is 3.87. The molecule has 0 spiro atoms. The maximum atomic E-state index is 12.3. The molecule has 0 saturated heterocycles. The van der Waals surface area contributed by atoms with Gasteiger partial charge in [0.1, 0.15) is 0 Å². The maximum Gasteiger partial charge on any atom is 0.206 e. The predicted molar refractivity (Wildman–Crippen MR) is 120 cm³/mol. The molecule has 0 aliphatic rings. The highest BCUT2D eigenvalue weighted by Crippen LogP contribution is 2.21. The molecule has 31 heavy (non-hydrogen) atoms. The van der Waals surface area contributed by atoms with Gasteiger partial charge in [-0.3, -0.25) is 0 Å². The normalized spacial score (nSPS) is 12.0. The van der Waals surface area contributed by atoms with Crippen LogP contribution in [0.5, 0.6) is 0 Å². The smallest absolute Gasteiger partial charge is 0.206 e. The molecule has 166 valence electrons. The highest BCUT2D eigenvalue weighted by Gasteiger charge is 2.16. The number of aryl methyl sites for hydroxylation is 2. The van der Waals surface area contributed by atoms with Crippen molar-refractivity contribution in [3.05, 3.63) is 83.9 Å². The van der Waals surface area contributed by atoms with E-state index < -0.39 is 29.5 Å². The molecular weight excluding hydrogens is 456 g/mol. The first-order chi connectivity index (χ1) is 14.2. The highest BCUT2D eigenvalue weighted by molar-refractivity contribution is 7.92. The van der Waals surface area contributed by atoms with Crippen LogP contribution >= 0.6 is 0 Å². The zero-order valence-electron chi connectivity index (χ0n) is 17.6. The standard InChI is InChI=1S/C14H14O2S.C8H10O4S2/c1-11-3-7-13(8-4-11)17(15,16)14-9-5-12(2)6-10-14;1-13(9,10)7-4-3-5-8(6-7)14(2,11)12/h3-10H,1-2H3;3-6H,1-2H3. The second-order valence-corrected chi connectivity index (χ2v) is 13.1. The summed E-state index contributed by atoms with van der Waals surface area (Å²) in [7, 11) is -10.1. The van der Waals surface area contributed by atoms with Crippen molar-refractivity contribution < 1.29 is 25.3 Å². The lowest BCUT2D eigenvalue weighted by Gasteiger charge is -2.05. The van der Waals surface area contributed by atoms with Crippen molar-refractivity contribution in [1.29, 1.82) is 0 Å². The lowest BCUT2D eigenvalue weighted by molar-refractivity contribution is 0.595. The Kier molecular flexibility index (Phi) is 7.46. The molecule has 0 N–H and O–H groups in total. The van der Waals surface area contributed by atoms with Gasteiger partial charge in [0.25, 0.3) is 0 Å². The fourth-order valence-corrected chi connectivity index (χ4v) is 5.18. The van der Waals surface area contributed by atoms with Gasteiger partial charge in [0, 0.05) is 12.5 Å². The van der Waals surface area contributed by atoms with E-state index in [1.807, 2.05) is 13.8 Å². The molecule has 0 saturated carbocycles. The van der Waals surface area contributed by atoms with Crippen LogP contribution in [0.1, 0.15) is 11.1 Å². The van der Waals surface area contributed by atoms with E-state index in [1.165, 1.54) is 18.2 Å². The first-order valence-corrected chi connectivity index (χ1v) is 14.4. The van der Waals surface area contributed by atoms with Gasteiger partial charge in [-0.15, -0.1) is 0 Å². The van der Waals surface area contributed by atoms with E-state index in [9.17, 15) is 25.3 Å². The lowest BCUT2D eigenvalue weighted by Crippen LogP contribution is -2.01. The molecule has 9 heteroatoms. The zero-order chi connectivity index (χ0) is 23.4. The summed E-state index contributed by atoms with van der Waals surface area (Å²) in [5, 5.41) is 0. The van der Waals surface area contributed by atoms with Crippen LogP contribution in [0.3, 0.4) is 0 Å². The molecule has 0 heterocycles. The van der Waals surface area contributed by atoms with Gasteiger partial charge in [-0.2, -0.15) is 0 Å². The topological polar surface area (TPSA) is 102 Å². The third-order valence-corrected chi connectivity index (χ3v) is 8.33. The molecule has 0 aromatic heterocycles. The van der Waals surface area contributed by atoms with Gasteiger partial charge in [0.2, 0.25) is 9.84 Å². The quantitative estimate of drug-likeness (QED) is 0.565. The predicted octanol–water partition coefficient (Wildman–Crippen LogP) is 3.63. The average Bonchev–Trinajstić information content (AvgIpc) is 2.68. The van der Waals surface area contributed by atoms with Crippen LogP contribution in [0.25, 0.3) is 0 Å². The van der Waals surface area contributed by atoms with Crippen molar-refractivity contribution in [3.63, 3.8) is 0 Å². The van der Waals surface area contributed by atoms with Crippen molar-refractivity contribution >= 4 is 29.5 Å². The molecule has 0 radical (unpaired) electrons. The summed E-state index contributed by atoms with van der Waals surface area (Å²) in [5.41, 5.74) is 2.10. The van der Waals surface area contributed by atoms with Gasteiger partial charge >= 0.3 is 0 Å². The van der Waals surface area contributed by atoms with Gasteiger partial charge in [0.05, 0.1) is 19.6 Å². The third kappa shape index (κ3) is 6.75. The van der Waals surface area contributed by atoms with Crippen LogP contribution in [-0.2, 0) is 29.5 Å². The first kappa shape index (κ1) is 24.8. The van der Waals surface area contributed by atoms with Gasteiger partial charge in [-0.05, 0) is 56.3 Å². The van der Waals surface area contributed by atoms with E-state index in [-0.39, 0.29) is 9.79 Å². The minimum Gasteiger partial charge on any atom is -0.224 e. The summed E-state index contributed by atoms with van der Waals surface area (Å²) in [4.78, 5) is 0.708. The summed E-state index contributed by atoms with van der Waals surface area (Å²) in [6, 6.07) is 19.1. The van der Waals surface area contributed by atoms with Crippen LogP contribution < -0.4 is 0 Å². The van der Waals surface area contributed by atoms with Crippen molar-refractivity contribution in [2.45, 2.75) is 33.4 Å². The SMILES string of the molecule is CS(=O)(=O)c1cccc(S(C)(=O)=O)c1.Cc1ccc(S(=O)(=O)c2ccc(C)cc2)cc1. The van der Waals surface area contributed by atoms with E-state index in [2.05, 4.69) is 0 Å². The molecule has 0 amide bonds. The van der Waals surface area contributed by atoms with E-state index in [1.54, 1.807) is 48.5 Å². The molecule has 0 bridgehead atoms. The van der Waals surface area contributed by atoms with E-state index >= 15 is 0 Å². The second kappa shape index (κ2) is 9.33. The largest absolute Gasteiger partial charge is 0.224 e. The number of sulfone groups is 3. The molecule has 6 nitrogen and oxygen atoms in total. The average molecular weight is 481 g/mol. The molecule has 0 atom stereocenters. The van der Waals surface area contributed by atoms with E-state index in [0.29, 0.717) is 9.79 Å². The minimum absolute atomic E-state index is 0.0143. The Bertz CT molecular complexity index is 1270. The Labute approximate surface area is 184 Å². The van der Waals surface area contributed by atoms with Crippen LogP contribution in [0.4, 0.5) is 0 Å². The number of benzene rings is 3. The zero-order valence-corrected chi connectivity index (χ0v) is 20.1. The van der Waals surface area contributed by atoms with Crippen LogP contribution in [0.15, 0.2) is 92.4 Å². The van der Waals surface area contributed by atoms with Crippen LogP contribution in [-0.4, -0.2) is 37.8 Å². The number of rotatable bonds is 4. The molecule has 0 unspecified atom stereocenters. The maximum absolute atomic E-state index is 12.3. The summed E-state index contributed by atoms with van der Waals surface area (Å²) >= 11 is 0. The Morgan fingerprint density at radius 2 is 0.806 bits per heavy atom. The monoisotopic (exact) mass is 480 g/mol. The summed E-state index contributed by atoms with van der Waals surface area (Å²) in [5.74, 6) is 0. The molecule has 3 aromatic carbocycles. The molecule has 3 aromatic rings. The van der Waals surface area contributed by atoms with Gasteiger partial charge in [-0.1, -0.05) is 41.5 Å². The Hall–Kier alpha value is -2.49. The summed E-state index contributed by atoms with van der Waals surface area (Å²) in [6.07, 6.45) is 2.07. The van der Waals surface area contributed by atoms with E-state index in [0.717, 1.165) is 29.7 Å². The Balaban J connectivity index is 0.000000225. The molecule has 0 fully saturated rings. The minimum atomic E-state index is -3.37. The highest BCUT2D eigenvalue weighted by atomic mass is 32.2. The van der Waals surface area contributed by atoms with Crippen LogP contribution in [0, 0.1) is 13.8 Å². The molecule has 0 aliphatic carbocycles. The Morgan fingerprint density at radius 1 is 0.484 bits per heavy atom. The fourth-order valence-electron chi connectivity index (χ4n) is 2.51. The van der Waals surface area contributed by atoms with Crippen LogP contribution in [0.2, 0.25) is 0 Å². The van der Waals surface area contributed by atoms with Gasteiger partial charge < -0.3 is 0 Å². The van der Waals surface area contributed by atoms with Crippen molar-refractivity contribution in [2.24, 2.45) is 0 Å². The van der Waals surface area contributed by atoms with Gasteiger partial charge in [-0.25, -0.2) is 25.3 Å². The first-order valence-electron chi connectivity index (χ1n) is 9.10. The van der Waals surface area contributed by atoms with Crippen molar-refractivity contribution in [2.75, 3.05) is 12.5 Å². The number of hydrogen-bond donors (Lipinski definition) is 0. The number of hydrogen-bond acceptors (Lipinski definition) is 6.